The van der Waals surface area contributed by atoms with Gasteiger partial charge in [-0.1, -0.05) is 0 Å². The van der Waals surface area contributed by atoms with Crippen LogP contribution in [0.5, 0.6) is 0 Å². The van der Waals surface area contributed by atoms with Gasteiger partial charge in [0.15, 0.2) is 43.5 Å². The van der Waals surface area contributed by atoms with Gasteiger partial charge in [0.1, 0.15) is 54.9 Å². The van der Waals surface area contributed by atoms with E-state index in [1.807, 2.05) is 0 Å². The fourth-order valence-corrected chi connectivity index (χ4v) is 5.56. The molecule has 4 rings (SSSR count). The van der Waals surface area contributed by atoms with Crippen LogP contribution in [-0.4, -0.2) is 205 Å². The van der Waals surface area contributed by atoms with Crippen LogP contribution in [-0.2, 0) is 80.8 Å². The maximum atomic E-state index is 11.3. The number of carbonyl (C=O) groups excluding carboxylic acids is 4. The Kier molecular flexibility index (Phi) is 14.7. The third-order valence-corrected chi connectivity index (χ3v) is 8.14. The molecule has 4 aliphatic heterocycles. The first-order chi connectivity index (χ1) is 24.4. The van der Waals surface area contributed by atoms with Crippen molar-refractivity contribution in [3.8, 4) is 0 Å². The van der Waals surface area contributed by atoms with E-state index in [1.54, 1.807) is 0 Å². The fraction of sp³-hybridized carbons (Fsp3) is 0.846. The number of aliphatic hydroxyl groups is 8. The molecular weight excluding hydrogens is 712 g/mol. The monoisotopic (exact) mass is 750 g/mol. The molecule has 51 heavy (non-hydrogen) atoms. The van der Waals surface area contributed by atoms with Gasteiger partial charge in [0.05, 0.1) is 0 Å². The van der Waals surface area contributed by atoms with Crippen LogP contribution < -0.4 is 0 Å². The van der Waals surface area contributed by atoms with Crippen LogP contribution in [0, 0.1) is 0 Å². The summed E-state index contributed by atoms with van der Waals surface area (Å²) in [5.74, 6) is 0. The zero-order chi connectivity index (χ0) is 37.6. The summed E-state index contributed by atoms with van der Waals surface area (Å²) < 4.78 is 66.6. The van der Waals surface area contributed by atoms with E-state index in [2.05, 4.69) is 0 Å². The summed E-state index contributed by atoms with van der Waals surface area (Å²) >= 11 is 0. The normalized spacial score (nSPS) is 47.4. The van der Waals surface area contributed by atoms with Crippen molar-refractivity contribution >= 4 is 25.9 Å². The third-order valence-electron chi connectivity index (χ3n) is 8.14. The number of aliphatic hydroxyl groups excluding tert-OH is 8. The molecule has 0 aromatic rings. The quantitative estimate of drug-likeness (QED) is 0.0536. The van der Waals surface area contributed by atoms with Crippen LogP contribution in [0.4, 0.5) is 0 Å². The number of carbonyl (C=O) groups is 4. The second-order valence-electron chi connectivity index (χ2n) is 11.1. The van der Waals surface area contributed by atoms with E-state index in [-0.39, 0.29) is 25.9 Å². The molecule has 4 aliphatic rings. The molecule has 8 N–H and O–H groups in total. The predicted molar refractivity (Wildman–Crippen MR) is 144 cm³/mol. The van der Waals surface area contributed by atoms with Crippen molar-refractivity contribution in [3.05, 3.63) is 0 Å². The predicted octanol–water partition coefficient (Wildman–Crippen LogP) is -7.89. The Morgan fingerprint density at radius 3 is 0.882 bits per heavy atom. The molecule has 0 saturated carbocycles. The van der Waals surface area contributed by atoms with Gasteiger partial charge >= 0.3 is 0 Å². The summed E-state index contributed by atoms with van der Waals surface area (Å²) in [6.45, 7) is -0.488. The van der Waals surface area contributed by atoms with Crippen molar-refractivity contribution in [2.75, 3.05) is 14.2 Å². The summed E-state index contributed by atoms with van der Waals surface area (Å²) in [5.41, 5.74) is 0. The van der Waals surface area contributed by atoms with Crippen LogP contribution in [0.3, 0.4) is 0 Å². The van der Waals surface area contributed by atoms with Gasteiger partial charge in [-0.05, 0) is 0 Å². The Balaban J connectivity index is 1.49. The highest BCUT2D eigenvalue weighted by molar-refractivity contribution is 5.38. The number of rotatable bonds is 16. The van der Waals surface area contributed by atoms with E-state index in [0.717, 1.165) is 14.2 Å². The first-order valence-corrected chi connectivity index (χ1v) is 14.8. The van der Waals surface area contributed by atoms with E-state index < -0.39 is 124 Å². The van der Waals surface area contributed by atoms with Crippen LogP contribution >= 0.6 is 0 Å². The maximum Gasteiger partial charge on any atom is 0.295 e. The minimum atomic E-state index is -2.19. The highest BCUT2D eigenvalue weighted by Crippen LogP contribution is 2.35. The molecule has 0 aromatic carbocycles. The molecule has 0 bridgehead atoms. The SMILES string of the molecule is CO[C@H]1OC(OC=O)[C@H](O[C@H]2OC(OC=O)[C@H](O[C@H]3OC(OC=O)[C@H](O[C@H]4OC(OC=O)[C@H](OC)C(O)[C@@H]4O)[C@@H](O)C3O)C(O)[C@@H]2O)[C@@H](O)C1O. The number of ether oxygens (including phenoxy) is 13. The highest BCUT2D eigenvalue weighted by atomic mass is 16.8. The van der Waals surface area contributed by atoms with Crippen molar-refractivity contribution < 1.29 is 122 Å². The minimum absolute atomic E-state index is 0.0506. The molecular formula is C26H38O25. The molecule has 292 valence electrons. The summed E-state index contributed by atoms with van der Waals surface area (Å²) in [5, 5.41) is 85.5. The first kappa shape index (κ1) is 41.0. The summed E-state index contributed by atoms with van der Waals surface area (Å²) in [7, 11) is 2.22. The Hall–Kier alpha value is -2.80. The topological polar surface area (TPSA) is 350 Å². The van der Waals surface area contributed by atoms with Crippen molar-refractivity contribution in [1.82, 2.24) is 0 Å². The van der Waals surface area contributed by atoms with Crippen molar-refractivity contribution in [2.45, 2.75) is 124 Å². The average Bonchev–Trinajstić information content (AvgIpc) is 3.11. The molecule has 25 nitrogen and oxygen atoms in total. The third kappa shape index (κ3) is 8.71. The molecule has 0 aliphatic carbocycles. The molecule has 4 saturated heterocycles. The lowest BCUT2D eigenvalue weighted by molar-refractivity contribution is -0.422. The molecule has 4 heterocycles. The van der Waals surface area contributed by atoms with Gasteiger partial charge < -0.3 is 102 Å². The van der Waals surface area contributed by atoms with Crippen LogP contribution in [0.1, 0.15) is 0 Å². The Morgan fingerprint density at radius 1 is 0.353 bits per heavy atom. The lowest BCUT2D eigenvalue weighted by Crippen LogP contribution is -2.67. The van der Waals surface area contributed by atoms with Gasteiger partial charge in [0.2, 0.25) is 25.2 Å². The molecule has 8 unspecified atom stereocenters. The van der Waals surface area contributed by atoms with Gasteiger partial charge in [0, 0.05) is 14.2 Å². The summed E-state index contributed by atoms with van der Waals surface area (Å²) in [4.78, 5) is 44.6. The Labute approximate surface area is 285 Å². The van der Waals surface area contributed by atoms with Crippen molar-refractivity contribution in [2.24, 2.45) is 0 Å². The molecule has 0 radical (unpaired) electrons. The van der Waals surface area contributed by atoms with Gasteiger partial charge in [-0.15, -0.1) is 0 Å². The number of hydrogen-bond acceptors (Lipinski definition) is 25. The minimum Gasteiger partial charge on any atom is -0.435 e. The lowest BCUT2D eigenvalue weighted by Gasteiger charge is -2.48. The Morgan fingerprint density at radius 2 is 0.608 bits per heavy atom. The van der Waals surface area contributed by atoms with Crippen LogP contribution in [0.2, 0.25) is 0 Å². The van der Waals surface area contributed by atoms with E-state index in [9.17, 15) is 60.0 Å². The van der Waals surface area contributed by atoms with E-state index >= 15 is 0 Å². The number of methoxy groups -OCH3 is 2. The van der Waals surface area contributed by atoms with Gasteiger partial charge in [-0.25, -0.2) is 0 Å². The second kappa shape index (κ2) is 18.3. The highest BCUT2D eigenvalue weighted by Gasteiger charge is 2.57. The molecule has 4 fully saturated rings. The zero-order valence-electron chi connectivity index (χ0n) is 26.4. The average molecular weight is 751 g/mol. The van der Waals surface area contributed by atoms with E-state index in [0.29, 0.717) is 0 Å². The van der Waals surface area contributed by atoms with E-state index in [4.69, 9.17) is 61.6 Å². The van der Waals surface area contributed by atoms with Gasteiger partial charge in [0.25, 0.3) is 25.9 Å². The van der Waals surface area contributed by atoms with Crippen LogP contribution in [0.25, 0.3) is 0 Å². The largest absolute Gasteiger partial charge is 0.435 e. The standard InChI is InChI=1S/C26H38O25/c1-39-15-7(31)12(36)20(49-23(15)41-3-27)46-17-9(33)14(38)22(51-25(17)43-5-29)47-18-10(34)13(37)21(50-26(18)44-6-30)45-16-8(32)11(35)19(40-2)48-24(16)42-4-28/h3-26,31-38H,1-2H3/t7?,8-,9-,10?,11?,12-,13-,14?,15+,16+,17+,18+,19-,20-,21-,22-,23?,24?,25?,26?/m0/s1. The van der Waals surface area contributed by atoms with Gasteiger partial charge in [-0.2, -0.15) is 0 Å². The van der Waals surface area contributed by atoms with Gasteiger partial charge in [-0.3, -0.25) is 19.2 Å². The molecule has 20 atom stereocenters. The summed E-state index contributed by atoms with van der Waals surface area (Å²) in [6, 6.07) is 0. The van der Waals surface area contributed by atoms with Crippen LogP contribution in [0.15, 0.2) is 0 Å². The first-order valence-electron chi connectivity index (χ1n) is 14.8. The molecule has 0 amide bonds. The van der Waals surface area contributed by atoms with Crippen molar-refractivity contribution in [1.29, 1.82) is 0 Å². The summed E-state index contributed by atoms with van der Waals surface area (Å²) in [6.07, 6.45) is -38.3. The molecule has 0 spiro atoms. The van der Waals surface area contributed by atoms with E-state index in [1.165, 1.54) is 0 Å². The second-order valence-corrected chi connectivity index (χ2v) is 11.1. The lowest BCUT2D eigenvalue weighted by atomic mass is 10.00. The fourth-order valence-electron chi connectivity index (χ4n) is 5.56. The number of hydrogen-bond donors (Lipinski definition) is 8. The van der Waals surface area contributed by atoms with Crippen molar-refractivity contribution in [3.63, 3.8) is 0 Å². The zero-order valence-corrected chi connectivity index (χ0v) is 26.4. The maximum absolute atomic E-state index is 11.3. The Bertz CT molecular complexity index is 1130. The smallest absolute Gasteiger partial charge is 0.295 e. The molecule has 0 aromatic heterocycles. The molecule has 25 heteroatoms.